The van der Waals surface area contributed by atoms with E-state index in [0.717, 1.165) is 65.9 Å². The van der Waals surface area contributed by atoms with Gasteiger partial charge in [0.25, 0.3) is 0 Å². The Labute approximate surface area is 259 Å². The standard InChI is InChI=1S/C41H25N3O/c1-2-12-27(13-3-1)32-24-23-28-14-6-7-16-31(28)38(32)41-43-39(30-22-21-26-11-4-5-15-29(26)25-30)42-40(44-41)34-18-10-20-36-37(34)33-17-8-9-19-35(33)45-36/h1-25H. The van der Waals surface area contributed by atoms with Crippen molar-refractivity contribution in [3.05, 3.63) is 152 Å². The molecule has 0 N–H and O–H groups in total. The molecule has 4 heteroatoms. The van der Waals surface area contributed by atoms with Crippen molar-refractivity contribution in [2.24, 2.45) is 0 Å². The Morgan fingerprint density at radius 3 is 1.93 bits per heavy atom. The summed E-state index contributed by atoms with van der Waals surface area (Å²) < 4.78 is 6.26. The first-order valence-electron chi connectivity index (χ1n) is 15.0. The van der Waals surface area contributed by atoms with E-state index in [9.17, 15) is 0 Å². The van der Waals surface area contributed by atoms with E-state index in [4.69, 9.17) is 19.4 Å². The van der Waals surface area contributed by atoms with E-state index >= 15 is 0 Å². The van der Waals surface area contributed by atoms with E-state index in [1.54, 1.807) is 0 Å². The first kappa shape index (κ1) is 25.4. The Hall–Kier alpha value is -6.13. The summed E-state index contributed by atoms with van der Waals surface area (Å²) >= 11 is 0. The van der Waals surface area contributed by atoms with Gasteiger partial charge in [-0.2, -0.15) is 0 Å². The first-order chi connectivity index (χ1) is 22.3. The molecule has 0 spiro atoms. The predicted molar refractivity (Wildman–Crippen MR) is 184 cm³/mol. The van der Waals surface area contributed by atoms with Crippen LogP contribution in [0.5, 0.6) is 0 Å². The summed E-state index contributed by atoms with van der Waals surface area (Å²) in [6.07, 6.45) is 0. The molecule has 0 saturated carbocycles. The SMILES string of the molecule is c1ccc(-c2ccc3ccccc3c2-c2nc(-c3ccc4ccccc4c3)nc(-c3cccc4oc5ccccc5c34)n2)cc1. The maximum atomic E-state index is 6.26. The molecular formula is C41H25N3O. The highest BCUT2D eigenvalue weighted by Crippen LogP contribution is 2.40. The van der Waals surface area contributed by atoms with E-state index in [0.29, 0.717) is 17.5 Å². The van der Waals surface area contributed by atoms with Gasteiger partial charge in [-0.15, -0.1) is 0 Å². The number of rotatable bonds is 4. The van der Waals surface area contributed by atoms with Crippen molar-refractivity contribution in [3.63, 3.8) is 0 Å². The third-order valence-corrected chi connectivity index (χ3v) is 8.52. The quantitative estimate of drug-likeness (QED) is 0.209. The monoisotopic (exact) mass is 575 g/mol. The Bertz CT molecular complexity index is 2550. The second kappa shape index (κ2) is 10.2. The summed E-state index contributed by atoms with van der Waals surface area (Å²) in [6.45, 7) is 0. The topological polar surface area (TPSA) is 51.8 Å². The van der Waals surface area contributed by atoms with Crippen LogP contribution in [-0.4, -0.2) is 15.0 Å². The molecule has 2 aromatic heterocycles. The van der Waals surface area contributed by atoms with Gasteiger partial charge in [-0.3, -0.25) is 0 Å². The van der Waals surface area contributed by atoms with Crippen molar-refractivity contribution in [2.45, 2.75) is 0 Å². The Morgan fingerprint density at radius 1 is 0.378 bits per heavy atom. The molecule has 0 saturated heterocycles. The van der Waals surface area contributed by atoms with Gasteiger partial charge in [0.05, 0.1) is 0 Å². The molecule has 0 bridgehead atoms. The largest absolute Gasteiger partial charge is 0.456 e. The predicted octanol–water partition coefficient (Wildman–Crippen LogP) is 10.7. The highest BCUT2D eigenvalue weighted by Gasteiger charge is 2.21. The fraction of sp³-hybridized carbons (Fsp3) is 0. The van der Waals surface area contributed by atoms with Gasteiger partial charge in [0, 0.05) is 27.5 Å². The Kier molecular flexibility index (Phi) is 5.78. The van der Waals surface area contributed by atoms with Gasteiger partial charge in [-0.1, -0.05) is 133 Å². The van der Waals surface area contributed by atoms with E-state index in [1.165, 1.54) is 5.39 Å². The lowest BCUT2D eigenvalue weighted by atomic mass is 9.93. The first-order valence-corrected chi connectivity index (χ1v) is 15.0. The van der Waals surface area contributed by atoms with Gasteiger partial charge >= 0.3 is 0 Å². The van der Waals surface area contributed by atoms with Crippen molar-refractivity contribution in [1.29, 1.82) is 0 Å². The lowest BCUT2D eigenvalue weighted by Crippen LogP contribution is -2.02. The smallest absolute Gasteiger partial charge is 0.165 e. The van der Waals surface area contributed by atoms with Gasteiger partial charge in [-0.05, 0) is 50.9 Å². The summed E-state index contributed by atoms with van der Waals surface area (Å²) in [5.41, 5.74) is 6.64. The third-order valence-electron chi connectivity index (χ3n) is 8.52. The van der Waals surface area contributed by atoms with Crippen LogP contribution in [0, 0.1) is 0 Å². The minimum absolute atomic E-state index is 0.604. The molecular weight excluding hydrogens is 550 g/mol. The van der Waals surface area contributed by atoms with Gasteiger partial charge in [0.1, 0.15) is 11.2 Å². The van der Waals surface area contributed by atoms with Crippen molar-refractivity contribution < 1.29 is 4.42 Å². The second-order valence-electron chi connectivity index (χ2n) is 11.2. The highest BCUT2D eigenvalue weighted by atomic mass is 16.3. The number of hydrogen-bond acceptors (Lipinski definition) is 4. The van der Waals surface area contributed by atoms with Gasteiger partial charge in [-0.25, -0.2) is 15.0 Å². The van der Waals surface area contributed by atoms with Crippen LogP contribution in [0.1, 0.15) is 0 Å². The number of para-hydroxylation sites is 1. The zero-order valence-electron chi connectivity index (χ0n) is 24.2. The van der Waals surface area contributed by atoms with E-state index in [-0.39, 0.29) is 0 Å². The molecule has 9 aromatic rings. The fourth-order valence-corrected chi connectivity index (χ4v) is 6.40. The van der Waals surface area contributed by atoms with Crippen LogP contribution in [0.25, 0.3) is 88.8 Å². The van der Waals surface area contributed by atoms with Crippen LogP contribution < -0.4 is 0 Å². The summed E-state index contributed by atoms with van der Waals surface area (Å²) in [5.74, 6) is 1.85. The van der Waals surface area contributed by atoms with Crippen LogP contribution >= 0.6 is 0 Å². The minimum atomic E-state index is 0.604. The fourth-order valence-electron chi connectivity index (χ4n) is 6.40. The zero-order valence-corrected chi connectivity index (χ0v) is 24.2. The van der Waals surface area contributed by atoms with Crippen molar-refractivity contribution in [1.82, 2.24) is 15.0 Å². The molecule has 0 unspecified atom stereocenters. The maximum Gasteiger partial charge on any atom is 0.165 e. The summed E-state index contributed by atoms with van der Waals surface area (Å²) in [7, 11) is 0. The van der Waals surface area contributed by atoms with Gasteiger partial charge in [0.2, 0.25) is 0 Å². The number of nitrogens with zero attached hydrogens (tertiary/aromatic N) is 3. The third kappa shape index (κ3) is 4.27. The van der Waals surface area contributed by atoms with Crippen LogP contribution in [0.15, 0.2) is 156 Å². The Balaban J connectivity index is 1.38. The van der Waals surface area contributed by atoms with Crippen molar-refractivity contribution in [3.8, 4) is 45.3 Å². The summed E-state index contributed by atoms with van der Waals surface area (Å²) in [5, 5.41) is 6.56. The number of hydrogen-bond donors (Lipinski definition) is 0. The summed E-state index contributed by atoms with van der Waals surface area (Å²) in [6, 6.07) is 52.2. The maximum absolute atomic E-state index is 6.26. The lowest BCUT2D eigenvalue weighted by Gasteiger charge is -2.15. The molecule has 0 aliphatic rings. The highest BCUT2D eigenvalue weighted by molar-refractivity contribution is 6.12. The van der Waals surface area contributed by atoms with Crippen LogP contribution in [0.4, 0.5) is 0 Å². The number of benzene rings is 7. The molecule has 45 heavy (non-hydrogen) atoms. The number of fused-ring (bicyclic) bond motifs is 5. The minimum Gasteiger partial charge on any atom is -0.456 e. The Morgan fingerprint density at radius 2 is 1.04 bits per heavy atom. The average molecular weight is 576 g/mol. The van der Waals surface area contributed by atoms with Crippen molar-refractivity contribution >= 4 is 43.5 Å². The second-order valence-corrected chi connectivity index (χ2v) is 11.2. The molecule has 0 radical (unpaired) electrons. The molecule has 0 amide bonds. The van der Waals surface area contributed by atoms with Crippen LogP contribution in [0.3, 0.4) is 0 Å². The van der Waals surface area contributed by atoms with Gasteiger partial charge in [0.15, 0.2) is 17.5 Å². The number of furan rings is 1. The molecule has 0 aliphatic heterocycles. The molecule has 9 rings (SSSR count). The molecule has 2 heterocycles. The molecule has 0 atom stereocenters. The molecule has 0 fully saturated rings. The van der Waals surface area contributed by atoms with E-state index < -0.39 is 0 Å². The zero-order chi connectivity index (χ0) is 29.7. The van der Waals surface area contributed by atoms with E-state index in [2.05, 4.69) is 115 Å². The molecule has 4 nitrogen and oxygen atoms in total. The van der Waals surface area contributed by atoms with Crippen molar-refractivity contribution in [2.75, 3.05) is 0 Å². The lowest BCUT2D eigenvalue weighted by molar-refractivity contribution is 0.669. The molecule has 7 aromatic carbocycles. The molecule has 210 valence electrons. The summed E-state index contributed by atoms with van der Waals surface area (Å²) in [4.78, 5) is 15.7. The average Bonchev–Trinajstić information content (AvgIpc) is 3.50. The van der Waals surface area contributed by atoms with Crippen LogP contribution in [-0.2, 0) is 0 Å². The van der Waals surface area contributed by atoms with Crippen LogP contribution in [0.2, 0.25) is 0 Å². The molecule has 0 aliphatic carbocycles. The number of aromatic nitrogens is 3. The van der Waals surface area contributed by atoms with Gasteiger partial charge < -0.3 is 4.42 Å². The normalized spacial score (nSPS) is 11.6. The van der Waals surface area contributed by atoms with E-state index in [1.807, 2.05) is 36.4 Å².